The van der Waals surface area contributed by atoms with Gasteiger partial charge in [-0.25, -0.2) is 0 Å². The molecule has 0 unspecified atom stereocenters. The highest BCUT2D eigenvalue weighted by Crippen LogP contribution is 2.32. The lowest BCUT2D eigenvalue weighted by Crippen LogP contribution is -2.16. The second-order valence-electron chi connectivity index (χ2n) is 6.23. The zero-order valence-electron chi connectivity index (χ0n) is 15.8. The van der Waals surface area contributed by atoms with E-state index in [0.29, 0.717) is 37.0 Å². The Morgan fingerprint density at radius 3 is 2.67 bits per heavy atom. The second kappa shape index (κ2) is 8.49. The van der Waals surface area contributed by atoms with Gasteiger partial charge in [0.1, 0.15) is 19.0 Å². The largest absolute Gasteiger partial charge is 0.493 e. The number of carbonyl (C=O) groups is 1. The van der Waals surface area contributed by atoms with E-state index in [1.165, 1.54) is 6.08 Å². The number of hydrogen-bond donors (Lipinski definition) is 1. The van der Waals surface area contributed by atoms with Crippen LogP contribution in [0, 0.1) is 0 Å². The topological polar surface area (TPSA) is 60.0 Å². The third-order valence-corrected chi connectivity index (χ3v) is 4.04. The van der Waals surface area contributed by atoms with Crippen LogP contribution >= 0.6 is 0 Å². The van der Waals surface area contributed by atoms with Crippen LogP contribution in [0.1, 0.15) is 12.5 Å². The van der Waals surface area contributed by atoms with Gasteiger partial charge in [-0.05, 0) is 37.3 Å². The smallest absolute Gasteiger partial charge is 0.248 e. The monoisotopic (exact) mass is 368 g/mol. The second-order valence-corrected chi connectivity index (χ2v) is 6.23. The van der Waals surface area contributed by atoms with Crippen LogP contribution in [-0.2, 0) is 4.79 Å². The number of benzene rings is 2. The highest BCUT2D eigenvalue weighted by molar-refractivity contribution is 6.02. The summed E-state index contributed by atoms with van der Waals surface area (Å²) in [4.78, 5) is 14.3. The van der Waals surface area contributed by atoms with Crippen molar-refractivity contribution in [1.82, 2.24) is 0 Å². The summed E-state index contributed by atoms with van der Waals surface area (Å²) in [6, 6.07) is 11.2. The summed E-state index contributed by atoms with van der Waals surface area (Å²) in [6.07, 6.45) is 3.24. The van der Waals surface area contributed by atoms with Gasteiger partial charge in [-0.3, -0.25) is 4.79 Å². The van der Waals surface area contributed by atoms with Crippen LogP contribution in [0.15, 0.2) is 42.5 Å². The van der Waals surface area contributed by atoms with Crippen molar-refractivity contribution in [3.63, 3.8) is 0 Å². The Labute approximate surface area is 159 Å². The highest BCUT2D eigenvalue weighted by atomic mass is 16.6. The van der Waals surface area contributed by atoms with Crippen LogP contribution < -0.4 is 24.4 Å². The van der Waals surface area contributed by atoms with Crippen LogP contribution in [0.3, 0.4) is 0 Å². The van der Waals surface area contributed by atoms with Crippen LogP contribution in [0.2, 0.25) is 0 Å². The van der Waals surface area contributed by atoms with Gasteiger partial charge in [-0.1, -0.05) is 0 Å². The first-order valence-corrected chi connectivity index (χ1v) is 8.89. The van der Waals surface area contributed by atoms with Crippen molar-refractivity contribution >= 4 is 23.4 Å². The maximum Gasteiger partial charge on any atom is 0.248 e. The molecule has 0 saturated carbocycles. The van der Waals surface area contributed by atoms with Crippen LogP contribution in [-0.4, -0.2) is 39.8 Å². The Hall–Kier alpha value is -3.15. The van der Waals surface area contributed by atoms with Crippen molar-refractivity contribution in [2.75, 3.05) is 44.1 Å². The van der Waals surface area contributed by atoms with Crippen molar-refractivity contribution in [2.24, 2.45) is 0 Å². The number of carbonyl (C=O) groups excluding carboxylic acids is 1. The average Bonchev–Trinajstić information content (AvgIpc) is 2.67. The van der Waals surface area contributed by atoms with Crippen molar-refractivity contribution in [1.29, 1.82) is 0 Å². The maximum absolute atomic E-state index is 12.3. The molecule has 1 heterocycles. The molecule has 3 rings (SSSR count). The Morgan fingerprint density at radius 2 is 1.93 bits per heavy atom. The first-order chi connectivity index (χ1) is 13.1. The Balaban J connectivity index is 1.71. The molecule has 0 bridgehead atoms. The maximum atomic E-state index is 12.3. The zero-order chi connectivity index (χ0) is 19.2. The highest BCUT2D eigenvalue weighted by Gasteiger charge is 2.12. The predicted octanol–water partition coefficient (Wildman–Crippen LogP) is 3.57. The van der Waals surface area contributed by atoms with Gasteiger partial charge in [0, 0.05) is 49.2 Å². The van der Waals surface area contributed by atoms with Gasteiger partial charge in [0.25, 0.3) is 0 Å². The Morgan fingerprint density at radius 1 is 1.15 bits per heavy atom. The third kappa shape index (κ3) is 4.73. The first kappa shape index (κ1) is 18.6. The molecule has 1 N–H and O–H groups in total. The molecular formula is C21H24N2O4. The molecule has 0 atom stereocenters. The number of amides is 1. The molecule has 1 aliphatic heterocycles. The molecule has 0 saturated heterocycles. The van der Waals surface area contributed by atoms with E-state index in [1.807, 2.05) is 44.1 Å². The Bertz CT molecular complexity index is 846. The minimum Gasteiger partial charge on any atom is -0.493 e. The van der Waals surface area contributed by atoms with E-state index in [2.05, 4.69) is 5.32 Å². The summed E-state index contributed by atoms with van der Waals surface area (Å²) in [7, 11) is 3.95. The van der Waals surface area contributed by atoms with Gasteiger partial charge in [-0.15, -0.1) is 0 Å². The molecule has 0 radical (unpaired) electrons. The molecular weight excluding hydrogens is 344 g/mol. The van der Waals surface area contributed by atoms with Gasteiger partial charge >= 0.3 is 0 Å². The fraction of sp³-hybridized carbons (Fsp3) is 0.286. The number of rotatable bonds is 6. The molecule has 142 valence electrons. The molecule has 1 amide bonds. The zero-order valence-corrected chi connectivity index (χ0v) is 15.8. The minimum absolute atomic E-state index is 0.231. The number of nitrogens with zero attached hydrogens (tertiary/aromatic N) is 1. The molecule has 2 aromatic carbocycles. The normalized spacial score (nSPS) is 12.7. The molecule has 0 aromatic heterocycles. The lowest BCUT2D eigenvalue weighted by atomic mass is 10.1. The van der Waals surface area contributed by atoms with Gasteiger partial charge < -0.3 is 24.4 Å². The van der Waals surface area contributed by atoms with E-state index in [9.17, 15) is 4.79 Å². The van der Waals surface area contributed by atoms with Crippen molar-refractivity contribution in [3.05, 3.63) is 48.0 Å². The number of fused-ring (bicyclic) bond motifs is 1. The van der Waals surface area contributed by atoms with Crippen molar-refractivity contribution in [3.8, 4) is 17.2 Å². The Kier molecular flexibility index (Phi) is 5.86. The summed E-state index contributed by atoms with van der Waals surface area (Å²) in [5.41, 5.74) is 2.54. The lowest BCUT2D eigenvalue weighted by molar-refractivity contribution is -0.111. The molecule has 2 aromatic rings. The summed E-state index contributed by atoms with van der Waals surface area (Å²) >= 11 is 0. The van der Waals surface area contributed by atoms with Gasteiger partial charge in [-0.2, -0.15) is 0 Å². The summed E-state index contributed by atoms with van der Waals surface area (Å²) < 4.78 is 16.7. The van der Waals surface area contributed by atoms with Crippen LogP contribution in [0.4, 0.5) is 11.4 Å². The van der Waals surface area contributed by atoms with Crippen molar-refractivity contribution < 1.29 is 19.0 Å². The number of hydrogen-bond acceptors (Lipinski definition) is 5. The minimum atomic E-state index is -0.231. The van der Waals surface area contributed by atoms with Crippen LogP contribution in [0.5, 0.6) is 17.2 Å². The number of ether oxygens (including phenoxy) is 3. The summed E-state index contributed by atoms with van der Waals surface area (Å²) in [6.45, 7) is 3.54. The van der Waals surface area contributed by atoms with Crippen molar-refractivity contribution in [2.45, 2.75) is 6.92 Å². The number of nitrogens with one attached hydrogen (secondary N) is 1. The molecule has 1 aliphatic rings. The average molecular weight is 368 g/mol. The molecule has 0 fully saturated rings. The van der Waals surface area contributed by atoms with Gasteiger partial charge in [0.15, 0.2) is 11.5 Å². The quantitative estimate of drug-likeness (QED) is 0.790. The SMILES string of the molecule is CCOc1cc(N(C)C)ccc1/C=C/C(=O)Nc1ccc2c(c1)OCCO2. The van der Waals surface area contributed by atoms with E-state index in [1.54, 1.807) is 24.3 Å². The van der Waals surface area contributed by atoms with E-state index in [-0.39, 0.29) is 5.91 Å². The summed E-state index contributed by atoms with van der Waals surface area (Å²) in [5, 5.41) is 2.83. The van der Waals surface area contributed by atoms with Crippen LogP contribution in [0.25, 0.3) is 6.08 Å². The van der Waals surface area contributed by atoms with E-state index in [0.717, 1.165) is 17.0 Å². The fourth-order valence-electron chi connectivity index (χ4n) is 2.69. The molecule has 0 spiro atoms. The van der Waals surface area contributed by atoms with Gasteiger partial charge in [0.05, 0.1) is 6.61 Å². The lowest BCUT2D eigenvalue weighted by Gasteiger charge is -2.18. The predicted molar refractivity (Wildman–Crippen MR) is 107 cm³/mol. The molecule has 6 nitrogen and oxygen atoms in total. The van der Waals surface area contributed by atoms with Gasteiger partial charge in [0.2, 0.25) is 5.91 Å². The fourth-order valence-corrected chi connectivity index (χ4v) is 2.69. The first-order valence-electron chi connectivity index (χ1n) is 8.89. The molecule has 6 heteroatoms. The number of anilines is 2. The van der Waals surface area contributed by atoms with E-state index >= 15 is 0 Å². The van der Waals surface area contributed by atoms with E-state index in [4.69, 9.17) is 14.2 Å². The van der Waals surface area contributed by atoms with E-state index < -0.39 is 0 Å². The summed E-state index contributed by atoms with van der Waals surface area (Å²) in [5.74, 6) is 1.84. The standard InChI is InChI=1S/C21H24N2O4/c1-4-25-19-14-17(23(2)3)8-5-15(19)6-10-21(24)22-16-7-9-18-20(13-16)27-12-11-26-18/h5-10,13-14H,4,11-12H2,1-3H3,(H,22,24)/b10-6+. The molecule has 27 heavy (non-hydrogen) atoms. The molecule has 0 aliphatic carbocycles. The third-order valence-electron chi connectivity index (χ3n) is 4.04.